The molecule has 1 amide bonds. The number of nitrogens with one attached hydrogen (secondary N) is 1. The molecule has 1 aliphatic rings. The molecule has 0 aromatic carbocycles. The largest absolute Gasteiger partial charge is 0.377 e. The van der Waals surface area contributed by atoms with Gasteiger partial charge >= 0.3 is 0 Å². The van der Waals surface area contributed by atoms with Crippen LogP contribution in [-0.2, 0) is 9.53 Å². The van der Waals surface area contributed by atoms with E-state index >= 15 is 0 Å². The summed E-state index contributed by atoms with van der Waals surface area (Å²) in [5.74, 6) is 0.740. The fraction of sp³-hybridized carbons (Fsp3) is 0.923. The van der Waals surface area contributed by atoms with Crippen LogP contribution in [0.15, 0.2) is 0 Å². The number of carbonyl (C=O) groups excluding carboxylic acids is 1. The van der Waals surface area contributed by atoms with Crippen LogP contribution in [0.25, 0.3) is 0 Å². The van der Waals surface area contributed by atoms with Gasteiger partial charge in [-0.1, -0.05) is 0 Å². The third-order valence-electron chi connectivity index (χ3n) is 3.19. The fourth-order valence-electron chi connectivity index (χ4n) is 2.09. The molecule has 4 nitrogen and oxygen atoms in total. The molecule has 1 aliphatic heterocycles. The number of hydrogen-bond acceptors (Lipinski definition) is 3. The van der Waals surface area contributed by atoms with Crippen molar-refractivity contribution in [1.82, 2.24) is 10.2 Å². The minimum atomic E-state index is 0.173. The Morgan fingerprint density at radius 3 is 2.65 bits per heavy atom. The summed E-state index contributed by atoms with van der Waals surface area (Å²) in [4.78, 5) is 14.0. The number of rotatable bonds is 6. The van der Waals surface area contributed by atoms with Crippen LogP contribution in [0.1, 0.15) is 33.1 Å². The normalized spacial score (nSPS) is 18.6. The topological polar surface area (TPSA) is 41.6 Å². The van der Waals surface area contributed by atoms with Gasteiger partial charge in [-0.25, -0.2) is 0 Å². The van der Waals surface area contributed by atoms with Crippen molar-refractivity contribution in [3.63, 3.8) is 0 Å². The van der Waals surface area contributed by atoms with E-state index in [2.05, 4.69) is 17.3 Å². The molecule has 0 aromatic rings. The highest BCUT2D eigenvalue weighted by Gasteiger charge is 2.19. The molecule has 100 valence electrons. The standard InChI is InChI=1S/C13H26N2O2/c1-11(2)17-9-6-14-13(16)10-12-4-7-15(3)8-5-12/h11-12H,4-10H2,1-3H3,(H,14,16). The van der Waals surface area contributed by atoms with Crippen LogP contribution in [0.3, 0.4) is 0 Å². The predicted molar refractivity (Wildman–Crippen MR) is 68.9 cm³/mol. The summed E-state index contributed by atoms with van der Waals surface area (Å²) in [6.07, 6.45) is 3.20. The number of hydrogen-bond donors (Lipinski definition) is 1. The van der Waals surface area contributed by atoms with Crippen LogP contribution in [0.5, 0.6) is 0 Å². The SMILES string of the molecule is CC(C)OCCNC(=O)CC1CCN(C)CC1. The second-order valence-electron chi connectivity index (χ2n) is 5.22. The first-order valence-electron chi connectivity index (χ1n) is 6.64. The van der Waals surface area contributed by atoms with Crippen LogP contribution in [0.4, 0.5) is 0 Å². The molecule has 1 N–H and O–H groups in total. The molecule has 0 atom stereocenters. The summed E-state index contributed by atoms with van der Waals surface area (Å²) < 4.78 is 5.37. The monoisotopic (exact) mass is 242 g/mol. The smallest absolute Gasteiger partial charge is 0.220 e. The van der Waals surface area contributed by atoms with Crippen molar-refractivity contribution >= 4 is 5.91 Å². The zero-order valence-corrected chi connectivity index (χ0v) is 11.4. The number of likely N-dealkylation sites (tertiary alicyclic amines) is 1. The molecule has 1 heterocycles. The molecule has 0 saturated carbocycles. The lowest BCUT2D eigenvalue weighted by Crippen LogP contribution is -2.34. The molecule has 17 heavy (non-hydrogen) atoms. The van der Waals surface area contributed by atoms with Crippen molar-refractivity contribution in [2.24, 2.45) is 5.92 Å². The van der Waals surface area contributed by atoms with Crippen LogP contribution >= 0.6 is 0 Å². The van der Waals surface area contributed by atoms with Gasteiger partial charge in [0.15, 0.2) is 0 Å². The van der Waals surface area contributed by atoms with Crippen molar-refractivity contribution in [2.75, 3.05) is 33.3 Å². The molecule has 1 rings (SSSR count). The maximum atomic E-state index is 11.7. The highest BCUT2D eigenvalue weighted by Crippen LogP contribution is 2.18. The molecule has 0 aromatic heterocycles. The van der Waals surface area contributed by atoms with Crippen LogP contribution in [0.2, 0.25) is 0 Å². The molecular weight excluding hydrogens is 216 g/mol. The molecule has 4 heteroatoms. The van der Waals surface area contributed by atoms with Gasteiger partial charge in [0.25, 0.3) is 0 Å². The molecule has 0 radical (unpaired) electrons. The molecule has 0 aliphatic carbocycles. The fourth-order valence-corrected chi connectivity index (χ4v) is 2.09. The average molecular weight is 242 g/mol. The molecule has 1 fully saturated rings. The van der Waals surface area contributed by atoms with E-state index in [4.69, 9.17) is 4.74 Å². The van der Waals surface area contributed by atoms with Crippen molar-refractivity contribution in [2.45, 2.75) is 39.2 Å². The van der Waals surface area contributed by atoms with Crippen molar-refractivity contribution in [1.29, 1.82) is 0 Å². The Balaban J connectivity index is 2.04. The van der Waals surface area contributed by atoms with Gasteiger partial charge in [-0.15, -0.1) is 0 Å². The summed E-state index contributed by atoms with van der Waals surface area (Å²) in [5, 5.41) is 2.92. The van der Waals surface area contributed by atoms with E-state index in [0.29, 0.717) is 25.5 Å². The van der Waals surface area contributed by atoms with E-state index in [-0.39, 0.29) is 12.0 Å². The average Bonchev–Trinajstić information content (AvgIpc) is 2.27. The van der Waals surface area contributed by atoms with E-state index in [0.717, 1.165) is 25.9 Å². The van der Waals surface area contributed by atoms with Gasteiger partial charge in [-0.3, -0.25) is 4.79 Å². The quantitative estimate of drug-likeness (QED) is 0.713. The Kier molecular flexibility index (Phi) is 6.52. The van der Waals surface area contributed by atoms with Crippen LogP contribution in [-0.4, -0.2) is 50.2 Å². The maximum absolute atomic E-state index is 11.7. The Morgan fingerprint density at radius 2 is 2.06 bits per heavy atom. The third-order valence-corrected chi connectivity index (χ3v) is 3.19. The lowest BCUT2D eigenvalue weighted by molar-refractivity contribution is -0.122. The number of piperidine rings is 1. The molecule has 0 unspecified atom stereocenters. The minimum absolute atomic E-state index is 0.173. The van der Waals surface area contributed by atoms with Crippen LogP contribution < -0.4 is 5.32 Å². The van der Waals surface area contributed by atoms with Gasteiger partial charge in [0.1, 0.15) is 0 Å². The highest BCUT2D eigenvalue weighted by atomic mass is 16.5. The predicted octanol–water partition coefficient (Wildman–Crippen LogP) is 1.26. The summed E-state index contributed by atoms with van der Waals surface area (Å²) >= 11 is 0. The Hall–Kier alpha value is -0.610. The van der Waals surface area contributed by atoms with Crippen molar-refractivity contribution < 1.29 is 9.53 Å². The molecule has 0 bridgehead atoms. The molecular formula is C13H26N2O2. The Bertz CT molecular complexity index is 223. The lowest BCUT2D eigenvalue weighted by Gasteiger charge is -2.28. The van der Waals surface area contributed by atoms with Gasteiger partial charge < -0.3 is 15.0 Å². The summed E-state index contributed by atoms with van der Waals surface area (Å²) in [5.41, 5.74) is 0. The van der Waals surface area contributed by atoms with Crippen molar-refractivity contribution in [3.05, 3.63) is 0 Å². The van der Waals surface area contributed by atoms with Gasteiger partial charge in [-0.2, -0.15) is 0 Å². The zero-order chi connectivity index (χ0) is 12.7. The van der Waals surface area contributed by atoms with Gasteiger partial charge in [0.2, 0.25) is 5.91 Å². The zero-order valence-electron chi connectivity index (χ0n) is 11.4. The number of ether oxygens (including phenoxy) is 1. The van der Waals surface area contributed by atoms with Gasteiger partial charge in [0.05, 0.1) is 12.7 Å². The van der Waals surface area contributed by atoms with E-state index in [9.17, 15) is 4.79 Å². The van der Waals surface area contributed by atoms with Gasteiger partial charge in [0, 0.05) is 13.0 Å². The summed E-state index contributed by atoms with van der Waals surface area (Å²) in [6.45, 7) is 7.48. The summed E-state index contributed by atoms with van der Waals surface area (Å²) in [7, 11) is 2.14. The Labute approximate surface area is 105 Å². The third kappa shape index (κ3) is 6.64. The van der Waals surface area contributed by atoms with Crippen LogP contribution in [0, 0.1) is 5.92 Å². The lowest BCUT2D eigenvalue weighted by atomic mass is 9.93. The summed E-state index contributed by atoms with van der Waals surface area (Å²) in [6, 6.07) is 0. The maximum Gasteiger partial charge on any atom is 0.220 e. The minimum Gasteiger partial charge on any atom is -0.377 e. The van der Waals surface area contributed by atoms with Gasteiger partial charge in [-0.05, 0) is 52.7 Å². The van der Waals surface area contributed by atoms with E-state index < -0.39 is 0 Å². The first kappa shape index (κ1) is 14.5. The molecule has 0 spiro atoms. The first-order chi connectivity index (χ1) is 8.08. The van der Waals surface area contributed by atoms with E-state index in [1.807, 2.05) is 13.8 Å². The second-order valence-corrected chi connectivity index (χ2v) is 5.22. The van der Waals surface area contributed by atoms with E-state index in [1.54, 1.807) is 0 Å². The molecule has 1 saturated heterocycles. The highest BCUT2D eigenvalue weighted by molar-refractivity contribution is 5.76. The number of carbonyl (C=O) groups is 1. The second kappa shape index (κ2) is 7.67. The first-order valence-corrected chi connectivity index (χ1v) is 6.64. The number of nitrogens with zero attached hydrogens (tertiary/aromatic N) is 1. The Morgan fingerprint density at radius 1 is 1.41 bits per heavy atom. The number of amides is 1. The van der Waals surface area contributed by atoms with Crippen molar-refractivity contribution in [3.8, 4) is 0 Å². The van der Waals surface area contributed by atoms with E-state index in [1.165, 1.54) is 0 Å².